The minimum Gasteiger partial charge on any atom is -0.352 e. The molecule has 0 spiro atoms. The average Bonchev–Trinajstić information content (AvgIpc) is 2.58. The van der Waals surface area contributed by atoms with Gasteiger partial charge < -0.3 is 5.32 Å². The van der Waals surface area contributed by atoms with Crippen LogP contribution < -0.4 is 9.62 Å². The van der Waals surface area contributed by atoms with Crippen LogP contribution in [0, 0.1) is 0 Å². The molecule has 0 radical (unpaired) electrons. The third-order valence-electron chi connectivity index (χ3n) is 3.68. The van der Waals surface area contributed by atoms with E-state index < -0.39 is 10.0 Å². The van der Waals surface area contributed by atoms with Crippen molar-refractivity contribution in [3.63, 3.8) is 0 Å². The van der Waals surface area contributed by atoms with Gasteiger partial charge in [0, 0.05) is 29.6 Å². The van der Waals surface area contributed by atoms with Crippen molar-refractivity contribution in [2.24, 2.45) is 0 Å². The smallest absolute Gasteiger partial charge is 0.232 e. The van der Waals surface area contributed by atoms with Crippen LogP contribution >= 0.6 is 23.2 Å². The zero-order valence-corrected chi connectivity index (χ0v) is 16.6. The van der Waals surface area contributed by atoms with Crippen LogP contribution in [-0.4, -0.2) is 27.1 Å². The van der Waals surface area contributed by atoms with Crippen molar-refractivity contribution in [2.75, 3.05) is 17.1 Å². The first-order valence-corrected chi connectivity index (χ1v) is 10.6. The molecule has 2 aromatic rings. The number of halogens is 2. The standard InChI is InChI=1S/C18H20Cl2N2O3S/c1-26(24,25)22(17-10-8-16(20)9-11-17)12-2-3-18(23)21-13-14-4-6-15(19)7-5-14/h4-11H,2-3,12-13H2,1H3,(H,21,23). The van der Waals surface area contributed by atoms with Gasteiger partial charge in [0.2, 0.25) is 15.9 Å². The van der Waals surface area contributed by atoms with E-state index in [0.717, 1.165) is 11.8 Å². The Balaban J connectivity index is 1.85. The number of benzene rings is 2. The molecule has 0 aromatic heterocycles. The number of hydrogen-bond donors (Lipinski definition) is 1. The van der Waals surface area contributed by atoms with Crippen LogP contribution in [-0.2, 0) is 21.4 Å². The molecule has 0 saturated carbocycles. The first kappa shape index (κ1) is 20.6. The maximum Gasteiger partial charge on any atom is 0.232 e. The summed E-state index contributed by atoms with van der Waals surface area (Å²) in [6.45, 7) is 0.623. The van der Waals surface area contributed by atoms with Gasteiger partial charge in [0.1, 0.15) is 0 Å². The summed E-state index contributed by atoms with van der Waals surface area (Å²) in [5, 5.41) is 3.98. The lowest BCUT2D eigenvalue weighted by molar-refractivity contribution is -0.121. The Labute approximate surface area is 164 Å². The lowest BCUT2D eigenvalue weighted by Crippen LogP contribution is -2.32. The van der Waals surface area contributed by atoms with E-state index >= 15 is 0 Å². The van der Waals surface area contributed by atoms with Crippen molar-refractivity contribution < 1.29 is 13.2 Å². The van der Waals surface area contributed by atoms with Gasteiger partial charge >= 0.3 is 0 Å². The van der Waals surface area contributed by atoms with Crippen LogP contribution in [0.4, 0.5) is 5.69 Å². The zero-order valence-electron chi connectivity index (χ0n) is 14.3. The Morgan fingerprint density at radius 3 is 2.08 bits per heavy atom. The van der Waals surface area contributed by atoms with E-state index in [1.54, 1.807) is 36.4 Å². The molecule has 0 heterocycles. The van der Waals surface area contributed by atoms with Gasteiger partial charge in [0.05, 0.1) is 11.9 Å². The molecule has 8 heteroatoms. The Morgan fingerprint density at radius 2 is 1.54 bits per heavy atom. The van der Waals surface area contributed by atoms with Crippen molar-refractivity contribution in [1.29, 1.82) is 0 Å². The lowest BCUT2D eigenvalue weighted by atomic mass is 10.2. The summed E-state index contributed by atoms with van der Waals surface area (Å²) in [6, 6.07) is 13.8. The molecule has 5 nitrogen and oxygen atoms in total. The molecule has 0 aliphatic rings. The highest BCUT2D eigenvalue weighted by molar-refractivity contribution is 7.92. The Morgan fingerprint density at radius 1 is 1.00 bits per heavy atom. The molecule has 26 heavy (non-hydrogen) atoms. The third kappa shape index (κ3) is 6.52. The fraction of sp³-hybridized carbons (Fsp3) is 0.278. The molecule has 0 atom stereocenters. The number of nitrogens with one attached hydrogen (secondary N) is 1. The molecule has 0 saturated heterocycles. The Hall–Kier alpha value is -1.76. The summed E-state index contributed by atoms with van der Waals surface area (Å²) in [7, 11) is -3.44. The highest BCUT2D eigenvalue weighted by Crippen LogP contribution is 2.21. The van der Waals surface area contributed by atoms with Gasteiger partial charge in [-0.3, -0.25) is 9.10 Å². The normalized spacial score (nSPS) is 11.2. The topological polar surface area (TPSA) is 66.5 Å². The minimum atomic E-state index is -3.44. The van der Waals surface area contributed by atoms with Crippen LogP contribution in [0.15, 0.2) is 48.5 Å². The van der Waals surface area contributed by atoms with Crippen molar-refractivity contribution >= 4 is 44.8 Å². The molecular formula is C18H20Cl2N2O3S. The number of carbonyl (C=O) groups is 1. The van der Waals surface area contributed by atoms with Crippen LogP contribution in [0.25, 0.3) is 0 Å². The van der Waals surface area contributed by atoms with Gasteiger partial charge in [0.25, 0.3) is 0 Å². The van der Waals surface area contributed by atoms with Gasteiger partial charge in [-0.2, -0.15) is 0 Å². The maximum absolute atomic E-state index is 12.0. The van der Waals surface area contributed by atoms with Crippen LogP contribution in [0.2, 0.25) is 10.0 Å². The van der Waals surface area contributed by atoms with Crippen molar-refractivity contribution in [2.45, 2.75) is 19.4 Å². The second kappa shape index (κ2) is 9.26. The van der Waals surface area contributed by atoms with Crippen molar-refractivity contribution in [3.8, 4) is 0 Å². The van der Waals surface area contributed by atoms with Gasteiger partial charge in [0.15, 0.2) is 0 Å². The molecule has 2 aromatic carbocycles. The van der Waals surface area contributed by atoms with Gasteiger partial charge in [-0.05, 0) is 48.4 Å². The summed E-state index contributed by atoms with van der Waals surface area (Å²) in [6.07, 6.45) is 1.78. The second-order valence-electron chi connectivity index (χ2n) is 5.82. The lowest BCUT2D eigenvalue weighted by Gasteiger charge is -2.22. The summed E-state index contributed by atoms with van der Waals surface area (Å²) in [5.74, 6) is -0.135. The van der Waals surface area contributed by atoms with E-state index in [9.17, 15) is 13.2 Å². The Bertz CT molecular complexity index is 838. The molecule has 140 valence electrons. The van der Waals surface area contributed by atoms with Crippen LogP contribution in [0.5, 0.6) is 0 Å². The van der Waals surface area contributed by atoms with E-state index in [1.165, 1.54) is 4.31 Å². The summed E-state index contributed by atoms with van der Waals surface area (Å²) < 4.78 is 25.3. The first-order chi connectivity index (χ1) is 12.3. The Kier molecular flexibility index (Phi) is 7.32. The van der Waals surface area contributed by atoms with E-state index in [4.69, 9.17) is 23.2 Å². The van der Waals surface area contributed by atoms with Crippen molar-refractivity contribution in [3.05, 3.63) is 64.1 Å². The molecule has 0 aliphatic carbocycles. The highest BCUT2D eigenvalue weighted by Gasteiger charge is 2.17. The molecule has 1 amide bonds. The molecule has 0 bridgehead atoms. The third-order valence-corrected chi connectivity index (χ3v) is 5.38. The monoisotopic (exact) mass is 414 g/mol. The molecule has 2 rings (SSSR count). The van der Waals surface area contributed by atoms with E-state index in [-0.39, 0.29) is 18.9 Å². The second-order valence-corrected chi connectivity index (χ2v) is 8.60. The maximum atomic E-state index is 12.0. The fourth-order valence-electron chi connectivity index (χ4n) is 2.37. The number of sulfonamides is 1. The summed E-state index contributed by atoms with van der Waals surface area (Å²) in [5.41, 5.74) is 1.47. The highest BCUT2D eigenvalue weighted by atomic mass is 35.5. The van der Waals surface area contributed by atoms with Gasteiger partial charge in [-0.15, -0.1) is 0 Å². The number of anilines is 1. The number of carbonyl (C=O) groups excluding carboxylic acids is 1. The molecule has 0 aliphatic heterocycles. The van der Waals surface area contributed by atoms with Crippen molar-refractivity contribution in [1.82, 2.24) is 5.32 Å². The minimum absolute atomic E-state index is 0.135. The van der Waals surface area contributed by atoms with E-state index in [0.29, 0.717) is 28.7 Å². The number of hydrogen-bond acceptors (Lipinski definition) is 3. The average molecular weight is 415 g/mol. The number of nitrogens with zero attached hydrogens (tertiary/aromatic N) is 1. The summed E-state index contributed by atoms with van der Waals surface area (Å²) >= 11 is 11.7. The molecular weight excluding hydrogens is 395 g/mol. The SMILES string of the molecule is CS(=O)(=O)N(CCCC(=O)NCc1ccc(Cl)cc1)c1ccc(Cl)cc1. The largest absolute Gasteiger partial charge is 0.352 e. The predicted octanol–water partition coefficient (Wildman–Crippen LogP) is 3.86. The van der Waals surface area contributed by atoms with Crippen LogP contribution in [0.3, 0.4) is 0 Å². The zero-order chi connectivity index (χ0) is 19.2. The molecule has 1 N–H and O–H groups in total. The van der Waals surface area contributed by atoms with Crippen LogP contribution in [0.1, 0.15) is 18.4 Å². The molecule has 0 unspecified atom stereocenters. The van der Waals surface area contributed by atoms with E-state index in [1.807, 2.05) is 12.1 Å². The number of rotatable bonds is 8. The first-order valence-electron chi connectivity index (χ1n) is 8.00. The quantitative estimate of drug-likeness (QED) is 0.712. The number of amides is 1. The van der Waals surface area contributed by atoms with Gasteiger partial charge in [-0.25, -0.2) is 8.42 Å². The molecule has 0 fully saturated rings. The fourth-order valence-corrected chi connectivity index (χ4v) is 3.59. The van der Waals surface area contributed by atoms with Gasteiger partial charge in [-0.1, -0.05) is 35.3 Å². The predicted molar refractivity (Wildman–Crippen MR) is 106 cm³/mol. The van der Waals surface area contributed by atoms with E-state index in [2.05, 4.69) is 5.32 Å². The summed E-state index contributed by atoms with van der Waals surface area (Å²) in [4.78, 5) is 12.0.